The minimum Gasteiger partial charge on any atom is -0.489 e. The molecule has 1 atom stereocenters. The number of nitrogens with zero attached hydrogens (tertiary/aromatic N) is 2. The van der Waals surface area contributed by atoms with Crippen LogP contribution < -0.4 is 15.1 Å². The normalized spacial score (nSPS) is 14.7. The fourth-order valence-electron chi connectivity index (χ4n) is 4.64. The molecule has 37 heavy (non-hydrogen) atoms. The van der Waals surface area contributed by atoms with Crippen molar-refractivity contribution >= 4 is 34.3 Å². The Balaban J connectivity index is 1.45. The van der Waals surface area contributed by atoms with E-state index in [2.05, 4.69) is 4.98 Å². The van der Waals surface area contributed by atoms with Gasteiger partial charge in [-0.25, -0.2) is 4.98 Å². The van der Waals surface area contributed by atoms with Gasteiger partial charge in [-0.1, -0.05) is 54.1 Å². The molecule has 0 radical (unpaired) electrons. The van der Waals surface area contributed by atoms with Crippen molar-refractivity contribution in [3.05, 3.63) is 134 Å². The Morgan fingerprint density at radius 2 is 1.76 bits per heavy atom. The molecule has 7 heteroatoms. The number of amides is 1. The number of carbonyl (C=O) groups excluding carboxylic acids is 1. The second-order valence-corrected chi connectivity index (χ2v) is 9.36. The molecule has 0 N–H and O–H groups in total. The number of pyridine rings is 1. The maximum atomic E-state index is 13.7. The molecule has 0 saturated carbocycles. The van der Waals surface area contributed by atoms with Crippen molar-refractivity contribution in [2.75, 3.05) is 4.90 Å². The second-order valence-electron chi connectivity index (χ2n) is 8.93. The van der Waals surface area contributed by atoms with E-state index in [1.807, 2.05) is 73.7 Å². The lowest BCUT2D eigenvalue weighted by molar-refractivity contribution is 0.0970. The van der Waals surface area contributed by atoms with Crippen molar-refractivity contribution in [2.45, 2.75) is 19.6 Å². The van der Waals surface area contributed by atoms with E-state index in [1.54, 1.807) is 24.4 Å². The molecule has 182 valence electrons. The molecule has 6 rings (SSSR count). The van der Waals surface area contributed by atoms with Gasteiger partial charge in [-0.3, -0.25) is 14.5 Å². The molecular formula is C30H21ClN2O4. The van der Waals surface area contributed by atoms with Crippen LogP contribution in [-0.4, -0.2) is 10.9 Å². The van der Waals surface area contributed by atoms with Crippen LogP contribution in [0.3, 0.4) is 0 Å². The van der Waals surface area contributed by atoms with Gasteiger partial charge in [-0.2, -0.15) is 0 Å². The number of fused-ring (bicyclic) bond motifs is 2. The molecule has 5 aromatic rings. The summed E-state index contributed by atoms with van der Waals surface area (Å²) in [4.78, 5) is 33.4. The van der Waals surface area contributed by atoms with E-state index < -0.39 is 11.9 Å². The third-order valence-electron chi connectivity index (χ3n) is 6.42. The Labute approximate surface area is 217 Å². The number of aryl methyl sites for hydroxylation is 1. The van der Waals surface area contributed by atoms with Gasteiger partial charge in [-0.05, 0) is 66.1 Å². The Morgan fingerprint density at radius 3 is 2.51 bits per heavy atom. The van der Waals surface area contributed by atoms with Crippen LogP contribution in [0.4, 0.5) is 5.82 Å². The lowest BCUT2D eigenvalue weighted by Gasteiger charge is -2.24. The number of hydrogen-bond donors (Lipinski definition) is 0. The van der Waals surface area contributed by atoms with Gasteiger partial charge < -0.3 is 9.15 Å². The summed E-state index contributed by atoms with van der Waals surface area (Å²) in [5.74, 6) is 0.705. The highest BCUT2D eigenvalue weighted by Gasteiger charge is 2.44. The topological polar surface area (TPSA) is 72.6 Å². The largest absolute Gasteiger partial charge is 0.489 e. The molecule has 0 spiro atoms. The third kappa shape index (κ3) is 4.15. The highest BCUT2D eigenvalue weighted by Crippen LogP contribution is 2.41. The number of hydrogen-bond acceptors (Lipinski definition) is 5. The summed E-state index contributed by atoms with van der Waals surface area (Å²) in [6, 6.07) is 25.0. The number of anilines is 1. The number of carbonyl (C=O) groups is 1. The van der Waals surface area contributed by atoms with E-state index >= 15 is 0 Å². The van der Waals surface area contributed by atoms with Gasteiger partial charge in [0.05, 0.1) is 17.0 Å². The molecule has 6 nitrogen and oxygen atoms in total. The van der Waals surface area contributed by atoms with Crippen LogP contribution in [0.2, 0.25) is 5.02 Å². The zero-order valence-corrected chi connectivity index (χ0v) is 20.6. The fourth-order valence-corrected chi connectivity index (χ4v) is 4.81. The standard InChI is InChI=1S/C30H21ClN2O4/c1-18-13-14-32-25(15-18)33-27(20-7-10-22(11-8-20)36-17-19-5-3-2-4-6-19)26-28(34)23-16-21(31)9-12-24(23)37-29(26)30(33)35/h2-16,27H,17H2,1H3. The van der Waals surface area contributed by atoms with Gasteiger partial charge in [-0.15, -0.1) is 0 Å². The van der Waals surface area contributed by atoms with Crippen molar-refractivity contribution in [3.8, 4) is 5.75 Å². The fraction of sp³-hybridized carbons (Fsp3) is 0.100. The molecule has 0 fully saturated rings. The van der Waals surface area contributed by atoms with Gasteiger partial charge in [0.15, 0.2) is 5.43 Å². The molecule has 0 bridgehead atoms. The van der Waals surface area contributed by atoms with Gasteiger partial charge in [0.1, 0.15) is 23.8 Å². The summed E-state index contributed by atoms with van der Waals surface area (Å²) < 4.78 is 11.9. The SMILES string of the molecule is Cc1ccnc(N2C(=O)c3oc4ccc(Cl)cc4c(=O)c3C2c2ccc(OCc3ccccc3)cc2)c1. The lowest BCUT2D eigenvalue weighted by atomic mass is 9.98. The zero-order chi connectivity index (χ0) is 25.5. The zero-order valence-electron chi connectivity index (χ0n) is 19.9. The van der Waals surface area contributed by atoms with Crippen molar-refractivity contribution in [1.82, 2.24) is 4.98 Å². The Morgan fingerprint density at radius 1 is 0.973 bits per heavy atom. The maximum absolute atomic E-state index is 13.7. The van der Waals surface area contributed by atoms with E-state index in [-0.39, 0.29) is 16.8 Å². The lowest BCUT2D eigenvalue weighted by Crippen LogP contribution is -2.30. The molecule has 1 aliphatic rings. The van der Waals surface area contributed by atoms with E-state index in [9.17, 15) is 9.59 Å². The van der Waals surface area contributed by atoms with Crippen molar-refractivity contribution < 1.29 is 13.9 Å². The van der Waals surface area contributed by atoms with Crippen LogP contribution >= 0.6 is 11.6 Å². The van der Waals surface area contributed by atoms with E-state index in [0.29, 0.717) is 34.2 Å². The number of rotatable bonds is 5. The summed E-state index contributed by atoms with van der Waals surface area (Å²) in [7, 11) is 0. The minimum absolute atomic E-state index is 0.0116. The van der Waals surface area contributed by atoms with Gasteiger partial charge >= 0.3 is 0 Å². The van der Waals surface area contributed by atoms with Gasteiger partial charge in [0.2, 0.25) is 5.76 Å². The average molecular weight is 509 g/mol. The van der Waals surface area contributed by atoms with E-state index in [4.69, 9.17) is 20.8 Å². The summed E-state index contributed by atoms with van der Waals surface area (Å²) in [5, 5.41) is 0.740. The number of ether oxygens (including phenoxy) is 1. The predicted octanol–water partition coefficient (Wildman–Crippen LogP) is 6.48. The molecule has 3 aromatic carbocycles. The summed E-state index contributed by atoms with van der Waals surface area (Å²) in [6.45, 7) is 2.35. The van der Waals surface area contributed by atoms with Crippen LogP contribution in [0.15, 0.2) is 100 Å². The molecule has 1 amide bonds. The predicted molar refractivity (Wildman–Crippen MR) is 142 cm³/mol. The van der Waals surface area contributed by atoms with Crippen molar-refractivity contribution in [2.24, 2.45) is 0 Å². The van der Waals surface area contributed by atoms with Crippen molar-refractivity contribution in [1.29, 1.82) is 0 Å². The molecule has 1 unspecified atom stereocenters. The summed E-state index contributed by atoms with van der Waals surface area (Å²) >= 11 is 6.18. The highest BCUT2D eigenvalue weighted by molar-refractivity contribution is 6.31. The first kappa shape index (κ1) is 23.0. The molecule has 1 aliphatic heterocycles. The number of aromatic nitrogens is 1. The Hall–Kier alpha value is -4.42. The first-order chi connectivity index (χ1) is 18.0. The monoisotopic (exact) mass is 508 g/mol. The van der Waals surface area contributed by atoms with Crippen LogP contribution in [0, 0.1) is 6.92 Å². The van der Waals surface area contributed by atoms with Crippen LogP contribution in [-0.2, 0) is 6.61 Å². The minimum atomic E-state index is -0.723. The van der Waals surface area contributed by atoms with Crippen molar-refractivity contribution in [3.63, 3.8) is 0 Å². The Bertz CT molecular complexity index is 1700. The molecule has 0 saturated heterocycles. The van der Waals surface area contributed by atoms with Crippen LogP contribution in [0.1, 0.15) is 38.9 Å². The molecule has 3 heterocycles. The maximum Gasteiger partial charge on any atom is 0.296 e. The smallest absolute Gasteiger partial charge is 0.296 e. The van der Waals surface area contributed by atoms with Crippen LogP contribution in [0.25, 0.3) is 11.0 Å². The molecule has 0 aliphatic carbocycles. The Kier molecular flexibility index (Phi) is 5.74. The average Bonchev–Trinajstić information content (AvgIpc) is 3.21. The quantitative estimate of drug-likeness (QED) is 0.272. The summed E-state index contributed by atoms with van der Waals surface area (Å²) in [6.07, 6.45) is 1.64. The van der Waals surface area contributed by atoms with Gasteiger partial charge in [0.25, 0.3) is 5.91 Å². The second kappa shape index (κ2) is 9.22. The number of benzene rings is 3. The number of halogens is 1. The van der Waals surface area contributed by atoms with Gasteiger partial charge in [0, 0.05) is 11.2 Å². The third-order valence-corrected chi connectivity index (χ3v) is 6.66. The first-order valence-corrected chi connectivity index (χ1v) is 12.2. The molecule has 2 aromatic heterocycles. The molecular weight excluding hydrogens is 488 g/mol. The first-order valence-electron chi connectivity index (χ1n) is 11.8. The van der Waals surface area contributed by atoms with E-state index in [0.717, 1.165) is 16.7 Å². The van der Waals surface area contributed by atoms with E-state index in [1.165, 1.54) is 4.90 Å². The highest BCUT2D eigenvalue weighted by atomic mass is 35.5. The van der Waals surface area contributed by atoms with Crippen LogP contribution in [0.5, 0.6) is 5.75 Å². The summed E-state index contributed by atoms with van der Waals surface area (Å²) in [5.41, 5.74) is 3.01.